The van der Waals surface area contributed by atoms with E-state index in [-0.39, 0.29) is 0 Å². The van der Waals surface area contributed by atoms with E-state index in [2.05, 4.69) is 52.1 Å². The zero-order valence-electron chi connectivity index (χ0n) is 13.8. The Hall–Kier alpha value is -1.47. The van der Waals surface area contributed by atoms with Gasteiger partial charge in [0.15, 0.2) is 5.11 Å². The van der Waals surface area contributed by atoms with Crippen molar-refractivity contribution in [2.24, 2.45) is 0 Å². The number of nitrogens with one attached hydrogen (secondary N) is 2. The Morgan fingerprint density at radius 1 is 1.25 bits per heavy atom. The number of thiocarbonyl (C=S) groups is 1. The minimum absolute atomic E-state index is 0.326. The van der Waals surface area contributed by atoms with Gasteiger partial charge in [0.2, 0.25) is 0 Å². The second kappa shape index (κ2) is 8.58. The second-order valence-electron chi connectivity index (χ2n) is 5.88. The standard InChI is InChI=1S/C18H23N3OS2/c1-14-4-6-15(7-5-14)20-18(23)19-13-16(17-3-2-12-24-17)21-8-10-22-11-9-21/h2-7,12,16H,8-11,13H2,1H3,(H2,19,20,23)/t16-/m1/s1. The van der Waals surface area contributed by atoms with Gasteiger partial charge >= 0.3 is 0 Å². The van der Waals surface area contributed by atoms with Crippen molar-refractivity contribution in [2.75, 3.05) is 38.2 Å². The van der Waals surface area contributed by atoms with E-state index in [1.807, 2.05) is 12.1 Å². The Bertz CT molecular complexity index is 637. The van der Waals surface area contributed by atoms with Gasteiger partial charge < -0.3 is 15.4 Å². The molecule has 2 aromatic rings. The summed E-state index contributed by atoms with van der Waals surface area (Å²) in [4.78, 5) is 3.83. The summed E-state index contributed by atoms with van der Waals surface area (Å²) in [6, 6.07) is 12.9. The van der Waals surface area contributed by atoms with Crippen molar-refractivity contribution >= 4 is 34.4 Å². The fourth-order valence-corrected chi connectivity index (χ4v) is 3.84. The van der Waals surface area contributed by atoms with Gasteiger partial charge in [0, 0.05) is 30.2 Å². The molecule has 1 atom stereocenters. The summed E-state index contributed by atoms with van der Waals surface area (Å²) >= 11 is 7.25. The van der Waals surface area contributed by atoms with E-state index in [1.165, 1.54) is 10.4 Å². The van der Waals surface area contributed by atoms with Crippen LogP contribution in [0.15, 0.2) is 41.8 Å². The molecule has 1 aliphatic rings. The summed E-state index contributed by atoms with van der Waals surface area (Å²) in [7, 11) is 0. The van der Waals surface area contributed by atoms with Crippen molar-refractivity contribution in [3.05, 3.63) is 52.2 Å². The van der Waals surface area contributed by atoms with Gasteiger partial charge in [-0.05, 0) is 42.7 Å². The van der Waals surface area contributed by atoms with E-state index < -0.39 is 0 Å². The Morgan fingerprint density at radius 2 is 2.00 bits per heavy atom. The molecule has 3 rings (SSSR count). The van der Waals surface area contributed by atoms with Gasteiger partial charge in [-0.2, -0.15) is 0 Å². The number of morpholine rings is 1. The minimum atomic E-state index is 0.326. The van der Waals surface area contributed by atoms with Crippen LogP contribution >= 0.6 is 23.6 Å². The van der Waals surface area contributed by atoms with Crippen LogP contribution in [0.5, 0.6) is 0 Å². The molecule has 1 fully saturated rings. The zero-order chi connectivity index (χ0) is 16.8. The third-order valence-electron chi connectivity index (χ3n) is 4.12. The lowest BCUT2D eigenvalue weighted by molar-refractivity contribution is 0.0177. The number of benzene rings is 1. The van der Waals surface area contributed by atoms with Crippen molar-refractivity contribution in [3.63, 3.8) is 0 Å². The summed E-state index contributed by atoms with van der Waals surface area (Å²) < 4.78 is 5.48. The van der Waals surface area contributed by atoms with Gasteiger partial charge in [-0.15, -0.1) is 11.3 Å². The first kappa shape index (κ1) is 17.4. The fourth-order valence-electron chi connectivity index (χ4n) is 2.78. The Kier molecular flexibility index (Phi) is 6.20. The van der Waals surface area contributed by atoms with Gasteiger partial charge in [0.1, 0.15) is 0 Å². The molecule has 1 saturated heterocycles. The van der Waals surface area contributed by atoms with Crippen LogP contribution in [0.4, 0.5) is 5.69 Å². The predicted octanol–water partition coefficient (Wildman–Crippen LogP) is 3.42. The van der Waals surface area contributed by atoms with Crippen LogP contribution in [-0.4, -0.2) is 42.9 Å². The molecule has 24 heavy (non-hydrogen) atoms. The molecular formula is C18H23N3OS2. The minimum Gasteiger partial charge on any atom is -0.379 e. The molecule has 0 aliphatic carbocycles. The van der Waals surface area contributed by atoms with Crippen molar-refractivity contribution in [1.82, 2.24) is 10.2 Å². The first-order chi connectivity index (χ1) is 11.7. The Labute approximate surface area is 152 Å². The molecule has 2 N–H and O–H groups in total. The molecule has 4 nitrogen and oxygen atoms in total. The first-order valence-corrected chi connectivity index (χ1v) is 9.48. The molecule has 0 bridgehead atoms. The third-order valence-corrected chi connectivity index (χ3v) is 5.34. The van der Waals surface area contributed by atoms with E-state index in [4.69, 9.17) is 17.0 Å². The van der Waals surface area contributed by atoms with Gasteiger partial charge in [0.05, 0.1) is 19.3 Å². The zero-order valence-corrected chi connectivity index (χ0v) is 15.5. The molecule has 0 saturated carbocycles. The van der Waals surface area contributed by atoms with Crippen LogP contribution in [0, 0.1) is 6.92 Å². The monoisotopic (exact) mass is 361 g/mol. The van der Waals surface area contributed by atoms with Crippen molar-refractivity contribution < 1.29 is 4.74 Å². The Balaban J connectivity index is 1.58. The number of aryl methyl sites for hydroxylation is 1. The molecule has 128 valence electrons. The summed E-state index contributed by atoms with van der Waals surface area (Å²) in [5.41, 5.74) is 2.25. The van der Waals surface area contributed by atoms with E-state index in [9.17, 15) is 0 Å². The number of nitrogens with zero attached hydrogens (tertiary/aromatic N) is 1. The van der Waals surface area contributed by atoms with Crippen molar-refractivity contribution in [1.29, 1.82) is 0 Å². The highest BCUT2D eigenvalue weighted by Gasteiger charge is 2.23. The van der Waals surface area contributed by atoms with Crippen LogP contribution in [0.2, 0.25) is 0 Å². The lowest BCUT2D eigenvalue weighted by atomic mass is 10.2. The van der Waals surface area contributed by atoms with Crippen molar-refractivity contribution in [2.45, 2.75) is 13.0 Å². The maximum atomic E-state index is 5.48. The average molecular weight is 362 g/mol. The smallest absolute Gasteiger partial charge is 0.170 e. The predicted molar refractivity (Wildman–Crippen MR) is 105 cm³/mol. The molecule has 2 heterocycles. The largest absolute Gasteiger partial charge is 0.379 e. The van der Waals surface area contributed by atoms with E-state index in [0.29, 0.717) is 11.2 Å². The lowest BCUT2D eigenvalue weighted by Crippen LogP contribution is -2.44. The molecule has 0 unspecified atom stereocenters. The highest BCUT2D eigenvalue weighted by atomic mass is 32.1. The number of hydrogen-bond acceptors (Lipinski definition) is 4. The SMILES string of the molecule is Cc1ccc(NC(=S)NC[C@H](c2cccs2)N2CCOCC2)cc1. The number of anilines is 1. The number of hydrogen-bond donors (Lipinski definition) is 2. The average Bonchev–Trinajstić information content (AvgIpc) is 3.12. The molecule has 6 heteroatoms. The van der Waals surface area contributed by atoms with E-state index in [0.717, 1.165) is 38.5 Å². The molecule has 1 aromatic heterocycles. The fraction of sp³-hybridized carbons (Fsp3) is 0.389. The quantitative estimate of drug-likeness (QED) is 0.798. The highest BCUT2D eigenvalue weighted by Crippen LogP contribution is 2.25. The number of ether oxygens (including phenoxy) is 1. The summed E-state index contributed by atoms with van der Waals surface area (Å²) in [5, 5.41) is 9.42. The first-order valence-electron chi connectivity index (χ1n) is 8.19. The molecule has 0 spiro atoms. The van der Waals surface area contributed by atoms with E-state index in [1.54, 1.807) is 11.3 Å². The van der Waals surface area contributed by atoms with Crippen molar-refractivity contribution in [3.8, 4) is 0 Å². The number of rotatable bonds is 5. The van der Waals surface area contributed by atoms with Gasteiger partial charge in [-0.3, -0.25) is 4.90 Å². The topological polar surface area (TPSA) is 36.5 Å². The summed E-state index contributed by atoms with van der Waals surface area (Å²) in [6.45, 7) is 6.39. The number of thiophene rings is 1. The van der Waals surface area contributed by atoms with Crippen LogP contribution in [0.25, 0.3) is 0 Å². The molecule has 1 aromatic carbocycles. The molecular weight excluding hydrogens is 338 g/mol. The van der Waals surface area contributed by atoms with Crippen LogP contribution in [0.1, 0.15) is 16.5 Å². The molecule has 0 amide bonds. The summed E-state index contributed by atoms with van der Waals surface area (Å²) in [5.74, 6) is 0. The van der Waals surface area contributed by atoms with E-state index >= 15 is 0 Å². The van der Waals surface area contributed by atoms with Gasteiger partial charge in [-0.1, -0.05) is 23.8 Å². The van der Waals surface area contributed by atoms with Gasteiger partial charge in [0.25, 0.3) is 0 Å². The maximum Gasteiger partial charge on any atom is 0.170 e. The second-order valence-corrected chi connectivity index (χ2v) is 7.27. The normalized spacial score (nSPS) is 16.5. The van der Waals surface area contributed by atoms with Crippen LogP contribution in [0.3, 0.4) is 0 Å². The Morgan fingerprint density at radius 3 is 2.67 bits per heavy atom. The lowest BCUT2D eigenvalue weighted by Gasteiger charge is -2.34. The van der Waals surface area contributed by atoms with Crippen LogP contribution < -0.4 is 10.6 Å². The molecule has 1 aliphatic heterocycles. The van der Waals surface area contributed by atoms with Gasteiger partial charge in [-0.25, -0.2) is 0 Å². The maximum absolute atomic E-state index is 5.48. The third kappa shape index (κ3) is 4.77. The summed E-state index contributed by atoms with van der Waals surface area (Å²) in [6.07, 6.45) is 0. The van der Waals surface area contributed by atoms with Crippen LogP contribution in [-0.2, 0) is 4.74 Å². The highest BCUT2D eigenvalue weighted by molar-refractivity contribution is 7.80. The molecule has 0 radical (unpaired) electrons.